The zero-order valence-corrected chi connectivity index (χ0v) is 13.7. The molecular formula is C15H28N2OS. The topological polar surface area (TPSA) is 35.5 Å². The van der Waals surface area contributed by atoms with E-state index in [4.69, 9.17) is 12.2 Å². The predicted octanol–water partition coefficient (Wildman–Crippen LogP) is 2.70. The van der Waals surface area contributed by atoms with Gasteiger partial charge in [0.25, 0.3) is 0 Å². The standard InChI is InChI=1S/C15H28N2OS/c1-6-16-11-12(14(19)13(11)18)17(5)10-8-7-9-15(2,3)4/h13,16,18H,6-10H2,1-5H3. The Morgan fingerprint density at radius 3 is 2.47 bits per heavy atom. The van der Waals surface area contributed by atoms with Gasteiger partial charge in [0.2, 0.25) is 0 Å². The molecule has 4 heteroatoms. The number of nitrogens with zero attached hydrogens (tertiary/aromatic N) is 1. The van der Waals surface area contributed by atoms with E-state index in [1.54, 1.807) is 0 Å². The third kappa shape index (κ3) is 4.46. The van der Waals surface area contributed by atoms with Crippen molar-refractivity contribution in [2.24, 2.45) is 5.41 Å². The molecule has 1 aliphatic rings. The highest BCUT2D eigenvalue weighted by Crippen LogP contribution is 2.27. The fraction of sp³-hybridized carbons (Fsp3) is 0.800. The van der Waals surface area contributed by atoms with E-state index >= 15 is 0 Å². The second-order valence-corrected chi connectivity index (χ2v) is 6.94. The van der Waals surface area contributed by atoms with E-state index in [-0.39, 0.29) is 0 Å². The summed E-state index contributed by atoms with van der Waals surface area (Å²) in [7, 11) is 2.06. The number of hydrogen-bond donors (Lipinski definition) is 2. The Kier molecular flexibility index (Phi) is 5.81. The highest BCUT2D eigenvalue weighted by molar-refractivity contribution is 7.81. The van der Waals surface area contributed by atoms with Gasteiger partial charge in [0.15, 0.2) is 0 Å². The molecule has 0 saturated carbocycles. The molecule has 0 bridgehead atoms. The maximum atomic E-state index is 9.82. The van der Waals surface area contributed by atoms with Crippen molar-refractivity contribution in [1.82, 2.24) is 10.2 Å². The Balaban J connectivity index is 2.45. The number of aliphatic hydroxyl groups excluding tert-OH is 1. The van der Waals surface area contributed by atoms with Crippen LogP contribution in [0.5, 0.6) is 0 Å². The van der Waals surface area contributed by atoms with Gasteiger partial charge in [-0.1, -0.05) is 39.4 Å². The number of likely N-dealkylation sites (N-methyl/N-ethyl adjacent to an activating group) is 1. The molecule has 0 fully saturated rings. The van der Waals surface area contributed by atoms with Gasteiger partial charge >= 0.3 is 0 Å². The molecule has 0 aromatic carbocycles. The van der Waals surface area contributed by atoms with Crippen LogP contribution >= 0.6 is 12.2 Å². The van der Waals surface area contributed by atoms with Crippen molar-refractivity contribution < 1.29 is 5.11 Å². The van der Waals surface area contributed by atoms with E-state index in [0.29, 0.717) is 10.3 Å². The monoisotopic (exact) mass is 284 g/mol. The zero-order chi connectivity index (χ0) is 14.6. The summed E-state index contributed by atoms with van der Waals surface area (Å²) in [5.41, 5.74) is 2.33. The van der Waals surface area contributed by atoms with Crippen LogP contribution in [0.2, 0.25) is 0 Å². The van der Waals surface area contributed by atoms with Crippen LogP contribution in [0.4, 0.5) is 0 Å². The Morgan fingerprint density at radius 1 is 1.32 bits per heavy atom. The molecule has 0 radical (unpaired) electrons. The second kappa shape index (κ2) is 6.71. The van der Waals surface area contributed by atoms with E-state index in [1.807, 2.05) is 6.92 Å². The maximum absolute atomic E-state index is 9.82. The normalized spacial score (nSPS) is 19.5. The first-order valence-electron chi connectivity index (χ1n) is 7.19. The molecule has 1 aliphatic carbocycles. The second-order valence-electron chi connectivity index (χ2n) is 6.50. The van der Waals surface area contributed by atoms with Crippen molar-refractivity contribution in [2.45, 2.75) is 53.1 Å². The molecule has 110 valence electrons. The molecule has 19 heavy (non-hydrogen) atoms. The van der Waals surface area contributed by atoms with Crippen LogP contribution in [0.15, 0.2) is 11.4 Å². The van der Waals surface area contributed by atoms with Crippen LogP contribution in [0.25, 0.3) is 0 Å². The average molecular weight is 284 g/mol. The van der Waals surface area contributed by atoms with E-state index in [0.717, 1.165) is 30.9 Å². The summed E-state index contributed by atoms with van der Waals surface area (Å²) < 4.78 is 0. The first-order valence-corrected chi connectivity index (χ1v) is 7.60. The van der Waals surface area contributed by atoms with Gasteiger partial charge in [-0.2, -0.15) is 0 Å². The van der Waals surface area contributed by atoms with Gasteiger partial charge in [-0.05, 0) is 25.2 Å². The van der Waals surface area contributed by atoms with Gasteiger partial charge in [0.05, 0.1) is 16.3 Å². The van der Waals surface area contributed by atoms with Crippen molar-refractivity contribution >= 4 is 17.1 Å². The third-order valence-electron chi connectivity index (χ3n) is 3.43. The molecule has 3 nitrogen and oxygen atoms in total. The first-order chi connectivity index (χ1) is 8.78. The largest absolute Gasteiger partial charge is 0.384 e. The van der Waals surface area contributed by atoms with E-state index in [1.165, 1.54) is 12.8 Å². The molecule has 1 rings (SSSR count). The lowest BCUT2D eigenvalue weighted by molar-refractivity contribution is 0.241. The Hall–Kier alpha value is -0.610. The quantitative estimate of drug-likeness (QED) is 0.556. The molecular weight excluding hydrogens is 256 g/mol. The molecule has 0 aromatic rings. The van der Waals surface area contributed by atoms with Gasteiger partial charge in [0.1, 0.15) is 6.10 Å². The fourth-order valence-corrected chi connectivity index (χ4v) is 2.71. The van der Waals surface area contributed by atoms with E-state index in [2.05, 4.69) is 38.0 Å². The van der Waals surface area contributed by atoms with Gasteiger partial charge in [-0.3, -0.25) is 0 Å². The van der Waals surface area contributed by atoms with Gasteiger partial charge in [-0.25, -0.2) is 0 Å². The van der Waals surface area contributed by atoms with Crippen LogP contribution < -0.4 is 5.32 Å². The molecule has 0 aliphatic heterocycles. The van der Waals surface area contributed by atoms with Crippen LogP contribution in [0.3, 0.4) is 0 Å². The molecule has 1 atom stereocenters. The Labute approximate surface area is 123 Å². The molecule has 1 unspecified atom stereocenters. The highest BCUT2D eigenvalue weighted by Gasteiger charge is 2.35. The van der Waals surface area contributed by atoms with Crippen LogP contribution in [0.1, 0.15) is 47.0 Å². The minimum atomic E-state index is -0.568. The van der Waals surface area contributed by atoms with Crippen molar-refractivity contribution in [3.05, 3.63) is 11.4 Å². The maximum Gasteiger partial charge on any atom is 0.133 e. The van der Waals surface area contributed by atoms with Crippen molar-refractivity contribution in [3.8, 4) is 0 Å². The SMILES string of the molecule is CCNC1=C(N(C)CCCCC(C)(C)C)C(=S)C1O. The lowest BCUT2D eigenvalue weighted by Gasteiger charge is -2.37. The van der Waals surface area contributed by atoms with Gasteiger partial charge in [0, 0.05) is 20.1 Å². The summed E-state index contributed by atoms with van der Waals surface area (Å²) in [6.07, 6.45) is 3.07. The van der Waals surface area contributed by atoms with E-state index < -0.39 is 6.10 Å². The summed E-state index contributed by atoms with van der Waals surface area (Å²) in [6.45, 7) is 10.7. The third-order valence-corrected chi connectivity index (χ3v) is 3.85. The summed E-state index contributed by atoms with van der Waals surface area (Å²) in [5.74, 6) is 0. The summed E-state index contributed by atoms with van der Waals surface area (Å²) in [5, 5.41) is 13.0. The number of hydrogen-bond acceptors (Lipinski definition) is 4. The minimum absolute atomic E-state index is 0.411. The van der Waals surface area contributed by atoms with Gasteiger partial charge < -0.3 is 15.3 Å². The van der Waals surface area contributed by atoms with Crippen molar-refractivity contribution in [2.75, 3.05) is 20.1 Å². The summed E-state index contributed by atoms with van der Waals surface area (Å²) in [4.78, 5) is 2.85. The van der Waals surface area contributed by atoms with Crippen LogP contribution in [-0.2, 0) is 0 Å². The first kappa shape index (κ1) is 16.4. The summed E-state index contributed by atoms with van der Waals surface area (Å²) >= 11 is 5.24. The number of thiocarbonyl (C=S) groups is 1. The molecule has 0 amide bonds. The Morgan fingerprint density at radius 2 is 1.95 bits per heavy atom. The number of aliphatic hydroxyl groups is 1. The zero-order valence-electron chi connectivity index (χ0n) is 12.9. The fourth-order valence-electron chi connectivity index (χ4n) is 2.33. The molecule has 0 spiro atoms. The Bertz CT molecular complexity index is 358. The lowest BCUT2D eigenvalue weighted by atomic mass is 9.89. The van der Waals surface area contributed by atoms with Crippen molar-refractivity contribution in [1.29, 1.82) is 0 Å². The number of nitrogens with one attached hydrogen (secondary N) is 1. The minimum Gasteiger partial charge on any atom is -0.384 e. The van der Waals surface area contributed by atoms with E-state index in [9.17, 15) is 5.11 Å². The number of unbranched alkanes of at least 4 members (excludes halogenated alkanes) is 1. The van der Waals surface area contributed by atoms with Crippen LogP contribution in [0, 0.1) is 5.41 Å². The average Bonchev–Trinajstić information content (AvgIpc) is 2.32. The highest BCUT2D eigenvalue weighted by atomic mass is 32.1. The molecule has 0 heterocycles. The molecule has 0 saturated heterocycles. The van der Waals surface area contributed by atoms with Gasteiger partial charge in [-0.15, -0.1) is 0 Å². The smallest absolute Gasteiger partial charge is 0.133 e. The van der Waals surface area contributed by atoms with Crippen LogP contribution in [-0.4, -0.2) is 41.1 Å². The molecule has 2 N–H and O–H groups in total. The molecule has 0 aromatic heterocycles. The predicted molar refractivity (Wildman–Crippen MR) is 85.2 cm³/mol. The summed E-state index contributed by atoms with van der Waals surface area (Å²) in [6, 6.07) is 0. The van der Waals surface area contributed by atoms with Crippen molar-refractivity contribution in [3.63, 3.8) is 0 Å². The number of rotatable bonds is 7. The lowest BCUT2D eigenvalue weighted by Crippen LogP contribution is -2.47.